The molecule has 0 atom stereocenters. The molecule has 0 spiro atoms. The molecule has 2 N–H and O–H groups in total. The highest BCUT2D eigenvalue weighted by molar-refractivity contribution is 6.20. The normalized spacial score (nSPS) is 25.4. The lowest BCUT2D eigenvalue weighted by atomic mass is 9.82. The molecule has 3 aliphatic heterocycles. The van der Waals surface area contributed by atoms with Crippen molar-refractivity contribution in [3.05, 3.63) is 69.6 Å². The van der Waals surface area contributed by atoms with E-state index in [2.05, 4.69) is 21.5 Å². The molecule has 1 saturated carbocycles. The van der Waals surface area contributed by atoms with Crippen LogP contribution >= 0.6 is 0 Å². The summed E-state index contributed by atoms with van der Waals surface area (Å²) in [6, 6.07) is 1.73. The van der Waals surface area contributed by atoms with Crippen molar-refractivity contribution in [1.29, 1.82) is 0 Å². The zero-order chi connectivity index (χ0) is 25.0. The van der Waals surface area contributed by atoms with Crippen molar-refractivity contribution in [1.82, 2.24) is 15.2 Å². The maximum atomic E-state index is 15.2. The van der Waals surface area contributed by atoms with E-state index in [1.165, 1.54) is 11.6 Å². The average molecular weight is 493 g/mol. The lowest BCUT2D eigenvalue weighted by Gasteiger charge is -2.39. The number of carboxylic acid groups (broad SMARTS) is 1. The fourth-order valence-corrected chi connectivity index (χ4v) is 6.42. The summed E-state index contributed by atoms with van der Waals surface area (Å²) in [5.41, 5.74) is 9.06. The van der Waals surface area contributed by atoms with E-state index >= 15 is 4.39 Å². The van der Waals surface area contributed by atoms with Crippen molar-refractivity contribution in [3.63, 3.8) is 0 Å². The number of aliphatic carboxylic acids is 1. The van der Waals surface area contributed by atoms with Gasteiger partial charge in [-0.2, -0.15) is 5.10 Å². The zero-order valence-corrected chi connectivity index (χ0v) is 20.4. The molecule has 5 aliphatic rings. The molecule has 1 aromatic carbocycles. The van der Waals surface area contributed by atoms with Crippen LogP contribution in [0.25, 0.3) is 11.6 Å². The van der Waals surface area contributed by atoms with Crippen LogP contribution < -0.4 is 5.43 Å². The molecule has 0 amide bonds. The molecule has 188 valence electrons. The van der Waals surface area contributed by atoms with E-state index in [9.17, 15) is 9.18 Å². The van der Waals surface area contributed by atoms with Gasteiger partial charge in [-0.15, -0.1) is 0 Å². The van der Waals surface area contributed by atoms with Gasteiger partial charge >= 0.3 is 5.97 Å². The second kappa shape index (κ2) is 9.00. The Bertz CT molecular complexity index is 1280. The topological polar surface area (TPSA) is 68.2 Å². The van der Waals surface area contributed by atoms with E-state index in [4.69, 9.17) is 5.11 Å². The monoisotopic (exact) mass is 492 g/mol. The quantitative estimate of drug-likeness (QED) is 0.648. The number of hydrogen-bond acceptors (Lipinski definition) is 5. The van der Waals surface area contributed by atoms with Gasteiger partial charge in [-0.05, 0) is 61.3 Å². The zero-order valence-electron chi connectivity index (χ0n) is 20.4. The van der Waals surface area contributed by atoms with Crippen molar-refractivity contribution < 1.29 is 18.7 Å². The number of hydrazone groups is 1. The second-order valence-corrected chi connectivity index (χ2v) is 10.5. The number of allylic oxidation sites excluding steroid dienone is 2. The largest absolute Gasteiger partial charge is 0.481 e. The van der Waals surface area contributed by atoms with Crippen LogP contribution in [0.1, 0.15) is 55.2 Å². The third-order valence-corrected chi connectivity index (χ3v) is 8.24. The molecular weight excluding hydrogens is 462 g/mol. The molecule has 1 fully saturated rings. The molecule has 0 unspecified atom stereocenters. The van der Waals surface area contributed by atoms with Gasteiger partial charge < -0.3 is 10.0 Å². The van der Waals surface area contributed by atoms with Gasteiger partial charge in [-0.1, -0.05) is 12.2 Å². The number of carbonyl (C=O) groups is 1. The van der Waals surface area contributed by atoms with Gasteiger partial charge in [0.25, 0.3) is 0 Å². The minimum Gasteiger partial charge on any atom is -0.481 e. The molecule has 36 heavy (non-hydrogen) atoms. The van der Waals surface area contributed by atoms with Crippen LogP contribution in [0, 0.1) is 17.6 Å². The van der Waals surface area contributed by atoms with Crippen molar-refractivity contribution in [3.8, 4) is 0 Å². The summed E-state index contributed by atoms with van der Waals surface area (Å²) in [4.78, 5) is 15.6. The molecule has 1 aromatic rings. The Morgan fingerprint density at radius 1 is 1.19 bits per heavy atom. The minimum atomic E-state index is -0.850. The number of likely N-dealkylation sites (N-methyl/N-ethyl adjacent to an activating group) is 1. The number of nitrogens with zero attached hydrogens (tertiary/aromatic N) is 3. The van der Waals surface area contributed by atoms with E-state index in [-0.39, 0.29) is 12.0 Å². The summed E-state index contributed by atoms with van der Waals surface area (Å²) in [5, 5.41) is 13.7. The summed E-state index contributed by atoms with van der Waals surface area (Å²) in [5.74, 6) is -2.09. The fraction of sp³-hybridized carbons (Fsp3) is 0.429. The van der Waals surface area contributed by atoms with Gasteiger partial charge in [-0.25, -0.2) is 8.78 Å². The number of nitrogens with one attached hydrogen (secondary N) is 1. The first-order valence-electron chi connectivity index (χ1n) is 12.7. The van der Waals surface area contributed by atoms with Gasteiger partial charge in [0, 0.05) is 67.6 Å². The second-order valence-electron chi connectivity index (χ2n) is 10.5. The van der Waals surface area contributed by atoms with Gasteiger partial charge in [0.2, 0.25) is 0 Å². The number of benzene rings is 1. The van der Waals surface area contributed by atoms with Crippen molar-refractivity contribution in [2.75, 3.05) is 26.7 Å². The molecule has 6 rings (SSSR count). The van der Waals surface area contributed by atoms with Crippen molar-refractivity contribution >= 4 is 23.3 Å². The van der Waals surface area contributed by atoms with Gasteiger partial charge in [-0.3, -0.25) is 15.1 Å². The summed E-state index contributed by atoms with van der Waals surface area (Å²) in [6.07, 6.45) is 12.9. The lowest BCUT2D eigenvalue weighted by Crippen LogP contribution is -2.41. The maximum absolute atomic E-state index is 15.2. The van der Waals surface area contributed by atoms with Gasteiger partial charge in [0.15, 0.2) is 11.6 Å². The number of carboxylic acids is 1. The van der Waals surface area contributed by atoms with E-state index in [0.717, 1.165) is 56.5 Å². The highest BCUT2D eigenvalue weighted by atomic mass is 19.2. The SMILES string of the molecule is CN1C=C2C(=C(C3=CCN([C@H]4CC[C@@H](CC(=O)O)CC4)CC3)C1)NN=C1C=Cc3cc(F)c(F)c2c31. The molecule has 6 nitrogen and oxygen atoms in total. The highest BCUT2D eigenvalue weighted by Crippen LogP contribution is 2.41. The molecule has 0 bridgehead atoms. The van der Waals surface area contributed by atoms with E-state index in [1.54, 1.807) is 12.2 Å². The summed E-state index contributed by atoms with van der Waals surface area (Å²) in [6.45, 7) is 2.43. The number of rotatable bonds is 4. The third-order valence-electron chi connectivity index (χ3n) is 8.24. The maximum Gasteiger partial charge on any atom is 0.303 e. The Morgan fingerprint density at radius 2 is 2.00 bits per heavy atom. The van der Waals surface area contributed by atoms with E-state index in [0.29, 0.717) is 40.9 Å². The first-order chi connectivity index (χ1) is 17.4. The first kappa shape index (κ1) is 23.2. The van der Waals surface area contributed by atoms with Crippen LogP contribution in [-0.2, 0) is 4.79 Å². The van der Waals surface area contributed by atoms with Crippen LogP contribution in [-0.4, -0.2) is 59.3 Å². The number of halogens is 2. The molecule has 0 saturated heterocycles. The van der Waals surface area contributed by atoms with Crippen LogP contribution in [0.15, 0.2) is 46.4 Å². The van der Waals surface area contributed by atoms with Crippen LogP contribution in [0.4, 0.5) is 8.78 Å². The Kier molecular flexibility index (Phi) is 5.79. The van der Waals surface area contributed by atoms with E-state index in [1.807, 2.05) is 18.1 Å². The Labute approximate surface area is 209 Å². The molecule has 3 heterocycles. The predicted octanol–water partition coefficient (Wildman–Crippen LogP) is 4.50. The average Bonchev–Trinajstić information content (AvgIpc) is 3.17. The van der Waals surface area contributed by atoms with Crippen LogP contribution in [0.5, 0.6) is 0 Å². The van der Waals surface area contributed by atoms with Gasteiger partial charge in [0.05, 0.1) is 11.4 Å². The van der Waals surface area contributed by atoms with Crippen molar-refractivity contribution in [2.24, 2.45) is 11.0 Å². The molecule has 8 heteroatoms. The molecule has 2 aliphatic carbocycles. The smallest absolute Gasteiger partial charge is 0.303 e. The predicted molar refractivity (Wildman–Crippen MR) is 135 cm³/mol. The number of hydrogen-bond donors (Lipinski definition) is 2. The standard InChI is InChI=1S/C28H30F2N4O2/c1-33-14-20(17-8-10-34(11-9-17)19-5-2-16(3-6-19)12-24(35)36)28-21(15-33)26-25-18(13-22(29)27(26)30)4-7-23(25)31-32-28/h4,7-8,13,15-16,19,32H,2-3,5-6,9-12,14H2,1H3,(H,35,36)/t16-,19+. The van der Waals surface area contributed by atoms with Crippen LogP contribution in [0.3, 0.4) is 0 Å². The third kappa shape index (κ3) is 3.97. The Balaban J connectivity index is 1.28. The Morgan fingerprint density at radius 3 is 2.72 bits per heavy atom. The fourth-order valence-electron chi connectivity index (χ4n) is 6.42. The van der Waals surface area contributed by atoms with Crippen LogP contribution in [0.2, 0.25) is 0 Å². The Hall–Kier alpha value is -3.26. The number of fused-ring (bicyclic) bond motifs is 2. The summed E-state index contributed by atoms with van der Waals surface area (Å²) < 4.78 is 29.8. The molecule has 0 aromatic heterocycles. The molecular formula is C28H30F2N4O2. The highest BCUT2D eigenvalue weighted by Gasteiger charge is 2.34. The lowest BCUT2D eigenvalue weighted by molar-refractivity contribution is -0.138. The minimum absolute atomic E-state index is 0.272. The van der Waals surface area contributed by atoms with E-state index < -0.39 is 17.6 Å². The summed E-state index contributed by atoms with van der Waals surface area (Å²) >= 11 is 0. The van der Waals surface area contributed by atoms with Gasteiger partial charge in [0.1, 0.15) is 0 Å². The van der Waals surface area contributed by atoms with Crippen molar-refractivity contribution in [2.45, 2.75) is 44.6 Å². The summed E-state index contributed by atoms with van der Waals surface area (Å²) in [7, 11) is 1.96. The first-order valence-corrected chi connectivity index (χ1v) is 12.7. The molecule has 0 radical (unpaired) electrons.